The normalized spacial score (nSPS) is 13.9. The molecule has 116 valence electrons. The molecule has 1 aromatic carbocycles. The lowest BCUT2D eigenvalue weighted by Crippen LogP contribution is -2.26. The summed E-state index contributed by atoms with van der Waals surface area (Å²) in [5.41, 5.74) is 1.90. The van der Waals surface area contributed by atoms with Crippen molar-refractivity contribution >= 4 is 51.4 Å². The molecule has 0 unspecified atom stereocenters. The van der Waals surface area contributed by atoms with Crippen molar-refractivity contribution in [2.45, 2.75) is 30.1 Å². The molecule has 2 aromatic rings. The Morgan fingerprint density at radius 1 is 1.45 bits per heavy atom. The Bertz CT molecular complexity index is 687. The van der Waals surface area contributed by atoms with E-state index in [4.69, 9.17) is 11.6 Å². The number of hydrogen-bond acceptors (Lipinski definition) is 6. The van der Waals surface area contributed by atoms with Gasteiger partial charge in [0, 0.05) is 16.8 Å². The Hall–Kier alpha value is -1.31. The van der Waals surface area contributed by atoms with Gasteiger partial charge >= 0.3 is 0 Å². The fraction of sp³-hybridized carbons (Fsp3) is 0.357. The predicted molar refractivity (Wildman–Crippen MR) is 91.3 cm³/mol. The zero-order chi connectivity index (χ0) is 15.5. The summed E-state index contributed by atoms with van der Waals surface area (Å²) in [6, 6.07) is 6.14. The number of aryl methyl sites for hydroxylation is 1. The van der Waals surface area contributed by atoms with Gasteiger partial charge in [0.05, 0.1) is 5.75 Å². The number of aromatic nitrogens is 2. The number of hydrogen-bond donors (Lipinski definition) is 2. The monoisotopic (exact) mass is 354 g/mol. The molecule has 0 saturated heterocycles. The van der Waals surface area contributed by atoms with Crippen LogP contribution in [0.5, 0.6) is 0 Å². The van der Waals surface area contributed by atoms with Crippen LogP contribution in [0.25, 0.3) is 0 Å². The molecule has 1 aliphatic carbocycles. The highest BCUT2D eigenvalue weighted by Gasteiger charge is 2.23. The first-order chi connectivity index (χ1) is 10.6. The fourth-order valence-electron chi connectivity index (χ4n) is 1.74. The molecule has 5 nitrogen and oxygen atoms in total. The highest BCUT2D eigenvalue weighted by molar-refractivity contribution is 8.01. The number of nitrogens with one attached hydrogen (secondary N) is 2. The van der Waals surface area contributed by atoms with Gasteiger partial charge in [-0.3, -0.25) is 4.79 Å². The molecule has 1 amide bonds. The first kappa shape index (κ1) is 15.6. The van der Waals surface area contributed by atoms with Crippen molar-refractivity contribution in [3.8, 4) is 0 Å². The van der Waals surface area contributed by atoms with Crippen molar-refractivity contribution in [2.24, 2.45) is 0 Å². The van der Waals surface area contributed by atoms with E-state index in [1.807, 2.05) is 25.1 Å². The van der Waals surface area contributed by atoms with Gasteiger partial charge < -0.3 is 10.6 Å². The minimum Gasteiger partial charge on any atom is -0.353 e. The van der Waals surface area contributed by atoms with Gasteiger partial charge in [-0.15, -0.1) is 10.2 Å². The second kappa shape index (κ2) is 6.85. The van der Waals surface area contributed by atoms with Crippen molar-refractivity contribution in [3.05, 3.63) is 28.8 Å². The van der Waals surface area contributed by atoms with Crippen LogP contribution in [0.1, 0.15) is 18.4 Å². The molecule has 1 aromatic heterocycles. The van der Waals surface area contributed by atoms with Crippen LogP contribution in [0.2, 0.25) is 5.02 Å². The molecule has 0 spiro atoms. The molecule has 0 aliphatic heterocycles. The molecule has 3 rings (SSSR count). The number of carbonyl (C=O) groups is 1. The molecule has 0 radical (unpaired) electrons. The molecular weight excluding hydrogens is 340 g/mol. The van der Waals surface area contributed by atoms with Crippen LogP contribution in [-0.2, 0) is 4.79 Å². The first-order valence-corrected chi connectivity index (χ1v) is 9.07. The third-order valence-electron chi connectivity index (χ3n) is 3.10. The smallest absolute Gasteiger partial charge is 0.230 e. The highest BCUT2D eigenvalue weighted by Crippen LogP contribution is 2.29. The van der Waals surface area contributed by atoms with E-state index < -0.39 is 0 Å². The summed E-state index contributed by atoms with van der Waals surface area (Å²) in [6.45, 7) is 1.96. The van der Waals surface area contributed by atoms with Crippen LogP contribution in [0.4, 0.5) is 10.8 Å². The van der Waals surface area contributed by atoms with E-state index in [1.165, 1.54) is 23.1 Å². The van der Waals surface area contributed by atoms with Crippen molar-refractivity contribution < 1.29 is 4.79 Å². The quantitative estimate of drug-likeness (QED) is 0.775. The van der Waals surface area contributed by atoms with Gasteiger partial charge in [-0.25, -0.2) is 0 Å². The predicted octanol–water partition coefficient (Wildman–Crippen LogP) is 3.61. The van der Waals surface area contributed by atoms with Crippen LogP contribution in [0.15, 0.2) is 22.5 Å². The fourth-order valence-corrected chi connectivity index (χ4v) is 3.50. The minimum atomic E-state index is 0.0579. The second-order valence-corrected chi connectivity index (χ2v) is 7.70. The number of thioether (sulfide) groups is 1. The molecule has 1 fully saturated rings. The number of nitrogens with zero attached hydrogens (tertiary/aromatic N) is 2. The van der Waals surface area contributed by atoms with E-state index in [2.05, 4.69) is 20.8 Å². The van der Waals surface area contributed by atoms with Gasteiger partial charge in [0.15, 0.2) is 4.34 Å². The maximum Gasteiger partial charge on any atom is 0.230 e. The molecule has 22 heavy (non-hydrogen) atoms. The number of amides is 1. The lowest BCUT2D eigenvalue weighted by atomic mass is 10.2. The zero-order valence-corrected chi connectivity index (χ0v) is 14.3. The van der Waals surface area contributed by atoms with Crippen molar-refractivity contribution in [1.82, 2.24) is 15.5 Å². The highest BCUT2D eigenvalue weighted by atomic mass is 35.5. The Morgan fingerprint density at radius 2 is 2.27 bits per heavy atom. The lowest BCUT2D eigenvalue weighted by molar-refractivity contribution is -0.118. The zero-order valence-electron chi connectivity index (χ0n) is 11.9. The number of benzene rings is 1. The Morgan fingerprint density at radius 3 is 3.00 bits per heavy atom. The SMILES string of the molecule is Cc1ccc(Nc2nnc(SCC(=O)NC3CC3)s2)cc1Cl. The Balaban J connectivity index is 1.53. The molecule has 2 N–H and O–H groups in total. The largest absolute Gasteiger partial charge is 0.353 e. The molecule has 0 atom stereocenters. The van der Waals surface area contributed by atoms with Gasteiger partial charge in [-0.05, 0) is 37.5 Å². The van der Waals surface area contributed by atoms with Crippen LogP contribution in [0, 0.1) is 6.92 Å². The van der Waals surface area contributed by atoms with Crippen molar-refractivity contribution in [1.29, 1.82) is 0 Å². The summed E-state index contributed by atoms with van der Waals surface area (Å²) < 4.78 is 0.770. The summed E-state index contributed by atoms with van der Waals surface area (Å²) in [6.07, 6.45) is 2.20. The average molecular weight is 355 g/mol. The maximum atomic E-state index is 11.6. The third-order valence-corrected chi connectivity index (χ3v) is 5.48. The molecular formula is C14H15ClN4OS2. The Labute approximate surface area is 141 Å². The van der Waals surface area contributed by atoms with Crippen LogP contribution >= 0.6 is 34.7 Å². The van der Waals surface area contributed by atoms with E-state index in [0.29, 0.717) is 21.9 Å². The third kappa shape index (κ3) is 4.34. The topological polar surface area (TPSA) is 66.9 Å². The molecule has 1 heterocycles. The van der Waals surface area contributed by atoms with E-state index in [1.54, 1.807) is 0 Å². The lowest BCUT2D eigenvalue weighted by Gasteiger charge is -2.03. The average Bonchev–Trinajstić information content (AvgIpc) is 3.18. The van der Waals surface area contributed by atoms with E-state index in [9.17, 15) is 4.79 Å². The van der Waals surface area contributed by atoms with Gasteiger partial charge in [-0.1, -0.05) is 40.8 Å². The van der Waals surface area contributed by atoms with Crippen LogP contribution in [-0.4, -0.2) is 27.9 Å². The van der Waals surface area contributed by atoms with Crippen LogP contribution in [0.3, 0.4) is 0 Å². The summed E-state index contributed by atoms with van der Waals surface area (Å²) in [5.74, 6) is 0.434. The van der Waals surface area contributed by atoms with Gasteiger partial charge in [0.25, 0.3) is 0 Å². The molecule has 1 aliphatic rings. The van der Waals surface area contributed by atoms with E-state index in [0.717, 1.165) is 28.4 Å². The molecule has 8 heteroatoms. The maximum absolute atomic E-state index is 11.6. The van der Waals surface area contributed by atoms with Gasteiger partial charge in [0.2, 0.25) is 11.0 Å². The number of halogens is 1. The summed E-state index contributed by atoms with van der Waals surface area (Å²) in [5, 5.41) is 15.7. The Kier molecular flexibility index (Phi) is 4.85. The first-order valence-electron chi connectivity index (χ1n) is 6.89. The minimum absolute atomic E-state index is 0.0579. The van der Waals surface area contributed by atoms with Gasteiger partial charge in [-0.2, -0.15) is 0 Å². The summed E-state index contributed by atoms with van der Waals surface area (Å²) in [7, 11) is 0. The van der Waals surface area contributed by atoms with Crippen molar-refractivity contribution in [3.63, 3.8) is 0 Å². The summed E-state index contributed by atoms with van der Waals surface area (Å²) >= 11 is 8.92. The van der Waals surface area contributed by atoms with E-state index in [-0.39, 0.29) is 5.91 Å². The molecule has 0 bridgehead atoms. The number of rotatable bonds is 6. The standard InChI is InChI=1S/C14H15ClN4OS2/c1-8-2-3-10(6-11(8)15)17-13-18-19-14(22-13)21-7-12(20)16-9-4-5-9/h2-3,6,9H,4-5,7H2,1H3,(H,16,20)(H,17,18). The molecule has 1 saturated carbocycles. The van der Waals surface area contributed by atoms with Crippen molar-refractivity contribution in [2.75, 3.05) is 11.1 Å². The summed E-state index contributed by atoms with van der Waals surface area (Å²) in [4.78, 5) is 11.6. The van der Waals surface area contributed by atoms with Crippen LogP contribution < -0.4 is 10.6 Å². The number of carbonyl (C=O) groups excluding carboxylic acids is 1. The van der Waals surface area contributed by atoms with Gasteiger partial charge in [0.1, 0.15) is 0 Å². The number of anilines is 2. The second-order valence-electron chi connectivity index (χ2n) is 5.09. The van der Waals surface area contributed by atoms with E-state index >= 15 is 0 Å².